The molecule has 1 saturated carbocycles. The minimum atomic E-state index is 0. The lowest BCUT2D eigenvalue weighted by Gasteiger charge is -2.42. The summed E-state index contributed by atoms with van der Waals surface area (Å²) in [6, 6.07) is 18.1. The van der Waals surface area contributed by atoms with E-state index in [1.807, 2.05) is 12.3 Å². The molecule has 1 aliphatic carbocycles. The van der Waals surface area contributed by atoms with E-state index in [4.69, 9.17) is 0 Å². The molecular weight excluding hydrogens is 365 g/mol. The van der Waals surface area contributed by atoms with Gasteiger partial charge in [0.1, 0.15) is 5.82 Å². The van der Waals surface area contributed by atoms with Gasteiger partial charge < -0.3 is 4.90 Å². The summed E-state index contributed by atoms with van der Waals surface area (Å²) in [7, 11) is 0. The fourth-order valence-corrected chi connectivity index (χ4v) is 4.36. The van der Waals surface area contributed by atoms with Gasteiger partial charge in [-0.15, -0.1) is 24.8 Å². The predicted octanol–water partition coefficient (Wildman–Crippen LogP) is 4.77. The SMILES string of the molecule is Cl.Cl.c1ccc(C2CCC(N3CCN(c4ccccn4)CC3)CC2)cc1. The van der Waals surface area contributed by atoms with Gasteiger partial charge in [0.15, 0.2) is 0 Å². The van der Waals surface area contributed by atoms with Crippen LogP contribution in [0.2, 0.25) is 0 Å². The smallest absolute Gasteiger partial charge is 0.128 e. The van der Waals surface area contributed by atoms with Gasteiger partial charge in [0.2, 0.25) is 0 Å². The van der Waals surface area contributed by atoms with E-state index in [2.05, 4.69) is 57.2 Å². The summed E-state index contributed by atoms with van der Waals surface area (Å²) in [5.41, 5.74) is 1.54. The van der Waals surface area contributed by atoms with Crippen LogP contribution in [0.3, 0.4) is 0 Å². The van der Waals surface area contributed by atoms with Gasteiger partial charge in [-0.2, -0.15) is 0 Å². The van der Waals surface area contributed by atoms with Crippen molar-refractivity contribution in [1.29, 1.82) is 0 Å². The Bertz CT molecular complexity index is 565. The number of rotatable bonds is 3. The average molecular weight is 394 g/mol. The number of piperazine rings is 1. The Hall–Kier alpha value is -1.29. The molecule has 0 spiro atoms. The second-order valence-electron chi connectivity index (χ2n) is 7.13. The first kappa shape index (κ1) is 21.0. The van der Waals surface area contributed by atoms with Crippen LogP contribution < -0.4 is 4.90 Å². The monoisotopic (exact) mass is 393 g/mol. The first-order valence-corrected chi connectivity index (χ1v) is 9.35. The van der Waals surface area contributed by atoms with Crippen LogP contribution in [0.5, 0.6) is 0 Å². The first-order valence-electron chi connectivity index (χ1n) is 9.35. The van der Waals surface area contributed by atoms with Gasteiger partial charge in [-0.25, -0.2) is 4.98 Å². The summed E-state index contributed by atoms with van der Waals surface area (Å²) in [5.74, 6) is 1.90. The molecule has 2 aliphatic rings. The van der Waals surface area contributed by atoms with Gasteiger partial charge in [0, 0.05) is 38.4 Å². The standard InChI is InChI=1S/C21H27N3.2ClH/c1-2-6-18(7-3-1)19-9-11-20(12-10-19)23-14-16-24(17-15-23)21-8-4-5-13-22-21;;/h1-8,13,19-20H,9-12,14-17H2;2*1H. The molecule has 3 nitrogen and oxygen atoms in total. The molecule has 142 valence electrons. The third-order valence-electron chi connectivity index (χ3n) is 5.77. The highest BCUT2D eigenvalue weighted by atomic mass is 35.5. The molecule has 0 radical (unpaired) electrons. The average Bonchev–Trinajstić information content (AvgIpc) is 2.70. The number of anilines is 1. The van der Waals surface area contributed by atoms with Crippen molar-refractivity contribution in [1.82, 2.24) is 9.88 Å². The minimum Gasteiger partial charge on any atom is -0.354 e. The summed E-state index contributed by atoms with van der Waals surface area (Å²) < 4.78 is 0. The summed E-state index contributed by atoms with van der Waals surface area (Å²) in [5, 5.41) is 0. The van der Waals surface area contributed by atoms with Crippen LogP contribution in [0.1, 0.15) is 37.2 Å². The van der Waals surface area contributed by atoms with Crippen molar-refractivity contribution < 1.29 is 0 Å². The van der Waals surface area contributed by atoms with Crippen LogP contribution >= 0.6 is 24.8 Å². The highest BCUT2D eigenvalue weighted by Gasteiger charge is 2.28. The number of hydrogen-bond acceptors (Lipinski definition) is 3. The second kappa shape index (κ2) is 10.1. The van der Waals surface area contributed by atoms with E-state index < -0.39 is 0 Å². The zero-order valence-corrected chi connectivity index (χ0v) is 16.8. The maximum absolute atomic E-state index is 4.49. The van der Waals surface area contributed by atoms with Crippen LogP contribution in [0.25, 0.3) is 0 Å². The minimum absolute atomic E-state index is 0. The summed E-state index contributed by atoms with van der Waals surface area (Å²) in [6.07, 6.45) is 7.28. The van der Waals surface area contributed by atoms with Gasteiger partial charge in [-0.1, -0.05) is 36.4 Å². The molecule has 4 rings (SSSR count). The quantitative estimate of drug-likeness (QED) is 0.747. The van der Waals surface area contributed by atoms with Crippen LogP contribution in [0, 0.1) is 0 Å². The number of hydrogen-bond donors (Lipinski definition) is 0. The highest BCUT2D eigenvalue weighted by molar-refractivity contribution is 5.85. The summed E-state index contributed by atoms with van der Waals surface area (Å²) in [6.45, 7) is 4.57. The molecule has 0 bridgehead atoms. The zero-order valence-electron chi connectivity index (χ0n) is 15.2. The lowest BCUT2D eigenvalue weighted by molar-refractivity contribution is 0.141. The van der Waals surface area contributed by atoms with Crippen molar-refractivity contribution >= 4 is 30.6 Å². The molecule has 0 atom stereocenters. The lowest BCUT2D eigenvalue weighted by Crippen LogP contribution is -2.51. The van der Waals surface area contributed by atoms with Crippen molar-refractivity contribution in [3.05, 3.63) is 60.3 Å². The van der Waals surface area contributed by atoms with Crippen molar-refractivity contribution in [2.24, 2.45) is 0 Å². The van der Waals surface area contributed by atoms with E-state index in [9.17, 15) is 0 Å². The number of aromatic nitrogens is 1. The highest BCUT2D eigenvalue weighted by Crippen LogP contribution is 2.35. The van der Waals surface area contributed by atoms with E-state index in [-0.39, 0.29) is 24.8 Å². The molecule has 1 aromatic heterocycles. The Morgan fingerprint density at radius 1 is 0.731 bits per heavy atom. The Morgan fingerprint density at radius 3 is 2.00 bits per heavy atom. The Kier molecular flexibility index (Phi) is 8.20. The molecule has 2 fully saturated rings. The van der Waals surface area contributed by atoms with Gasteiger partial charge in [0.05, 0.1) is 0 Å². The number of halogens is 2. The van der Waals surface area contributed by atoms with E-state index in [1.165, 1.54) is 44.3 Å². The second-order valence-corrected chi connectivity index (χ2v) is 7.13. The Morgan fingerprint density at radius 2 is 1.38 bits per heavy atom. The van der Waals surface area contributed by atoms with Crippen molar-refractivity contribution in [2.75, 3.05) is 31.1 Å². The summed E-state index contributed by atoms with van der Waals surface area (Å²) in [4.78, 5) is 9.64. The van der Waals surface area contributed by atoms with E-state index in [0.29, 0.717) is 0 Å². The van der Waals surface area contributed by atoms with Crippen molar-refractivity contribution in [3.63, 3.8) is 0 Å². The molecule has 26 heavy (non-hydrogen) atoms. The van der Waals surface area contributed by atoms with Crippen LogP contribution in [-0.4, -0.2) is 42.1 Å². The Balaban J connectivity index is 0.00000121. The maximum Gasteiger partial charge on any atom is 0.128 e. The van der Waals surface area contributed by atoms with Gasteiger partial charge in [0.25, 0.3) is 0 Å². The molecule has 1 aliphatic heterocycles. The largest absolute Gasteiger partial charge is 0.354 e. The topological polar surface area (TPSA) is 19.4 Å². The molecule has 0 unspecified atom stereocenters. The van der Waals surface area contributed by atoms with Gasteiger partial charge in [-0.3, -0.25) is 4.90 Å². The van der Waals surface area contributed by atoms with Gasteiger partial charge >= 0.3 is 0 Å². The fourth-order valence-electron chi connectivity index (χ4n) is 4.36. The van der Waals surface area contributed by atoms with E-state index in [0.717, 1.165) is 30.9 Å². The molecule has 1 saturated heterocycles. The lowest BCUT2D eigenvalue weighted by atomic mass is 9.81. The number of pyridine rings is 1. The van der Waals surface area contributed by atoms with Crippen molar-refractivity contribution in [2.45, 2.75) is 37.6 Å². The normalized spacial score (nSPS) is 23.6. The molecule has 1 aromatic carbocycles. The maximum atomic E-state index is 4.49. The van der Waals surface area contributed by atoms with E-state index >= 15 is 0 Å². The third kappa shape index (κ3) is 4.91. The molecule has 2 aromatic rings. The van der Waals surface area contributed by atoms with Gasteiger partial charge in [-0.05, 0) is 49.3 Å². The molecular formula is C21H29Cl2N3. The molecule has 2 heterocycles. The number of benzene rings is 1. The molecule has 0 amide bonds. The number of nitrogens with zero attached hydrogens (tertiary/aromatic N) is 3. The fraction of sp³-hybridized carbons (Fsp3) is 0.476. The predicted molar refractivity (Wildman–Crippen MR) is 114 cm³/mol. The van der Waals surface area contributed by atoms with Crippen LogP contribution in [-0.2, 0) is 0 Å². The van der Waals surface area contributed by atoms with Crippen LogP contribution in [0.15, 0.2) is 54.7 Å². The molecule has 5 heteroatoms. The zero-order chi connectivity index (χ0) is 16.2. The Labute approximate surface area is 169 Å². The molecule has 0 N–H and O–H groups in total. The van der Waals surface area contributed by atoms with Crippen molar-refractivity contribution in [3.8, 4) is 0 Å². The van der Waals surface area contributed by atoms with E-state index in [1.54, 1.807) is 0 Å². The third-order valence-corrected chi connectivity index (χ3v) is 5.77. The first-order chi connectivity index (χ1) is 11.9. The van der Waals surface area contributed by atoms with Crippen LogP contribution in [0.4, 0.5) is 5.82 Å². The summed E-state index contributed by atoms with van der Waals surface area (Å²) >= 11 is 0.